The molecule has 0 saturated carbocycles. The summed E-state index contributed by atoms with van der Waals surface area (Å²) in [4.78, 5) is 2.62. The molecule has 2 atom stereocenters. The number of nitrogens with zero attached hydrogens (tertiary/aromatic N) is 1. The Kier molecular flexibility index (Phi) is 5.19. The molecule has 132 valence electrons. The van der Waals surface area contributed by atoms with Gasteiger partial charge in [-0.3, -0.25) is 0 Å². The fraction of sp³-hybridized carbons (Fsp3) is 0.478. The van der Waals surface area contributed by atoms with Crippen LogP contribution in [0.5, 0.6) is 0 Å². The number of ether oxygens (including phenoxy) is 1. The predicted octanol–water partition coefficient (Wildman–Crippen LogP) is 5.06. The van der Waals surface area contributed by atoms with Crippen LogP contribution >= 0.6 is 0 Å². The number of piperidine rings is 1. The van der Waals surface area contributed by atoms with Gasteiger partial charge in [-0.15, -0.1) is 0 Å². The van der Waals surface area contributed by atoms with Crippen molar-refractivity contribution >= 4 is 0 Å². The Balaban J connectivity index is 1.39. The molecule has 2 aromatic rings. The van der Waals surface area contributed by atoms with Crippen molar-refractivity contribution in [1.29, 1.82) is 0 Å². The van der Waals surface area contributed by atoms with E-state index in [0.717, 1.165) is 24.6 Å². The third-order valence-electron chi connectivity index (χ3n) is 6.21. The quantitative estimate of drug-likeness (QED) is 0.732. The van der Waals surface area contributed by atoms with Gasteiger partial charge in [0.25, 0.3) is 0 Å². The average molecular weight is 335 g/mol. The molecule has 0 radical (unpaired) electrons. The van der Waals surface area contributed by atoms with Gasteiger partial charge in [0.15, 0.2) is 0 Å². The Labute approximate surface area is 151 Å². The largest absolute Gasteiger partial charge is 0.369 e. The zero-order valence-corrected chi connectivity index (χ0v) is 15.2. The van der Waals surface area contributed by atoms with Gasteiger partial charge in [0.1, 0.15) is 6.10 Å². The Morgan fingerprint density at radius 1 is 0.880 bits per heavy atom. The van der Waals surface area contributed by atoms with E-state index in [1.54, 1.807) is 0 Å². The smallest absolute Gasteiger partial charge is 0.108 e. The minimum atomic E-state index is 0.0467. The van der Waals surface area contributed by atoms with Gasteiger partial charge in [-0.2, -0.15) is 0 Å². The lowest BCUT2D eigenvalue weighted by Crippen LogP contribution is -2.40. The normalized spacial score (nSPS) is 26.2. The van der Waals surface area contributed by atoms with Crippen molar-refractivity contribution in [2.75, 3.05) is 13.7 Å². The van der Waals surface area contributed by atoms with E-state index in [1.165, 1.54) is 43.2 Å². The van der Waals surface area contributed by atoms with Crippen molar-refractivity contribution in [3.8, 4) is 0 Å². The van der Waals surface area contributed by atoms with Crippen molar-refractivity contribution < 1.29 is 4.74 Å². The van der Waals surface area contributed by atoms with Crippen molar-refractivity contribution in [3.63, 3.8) is 0 Å². The standard InChI is InChI=1S/C23H29NO/c1-24-21-12-13-22(24)17-18(16-21)14-15-25-23(19-8-4-2-5-9-19)20-10-6-3-7-11-20/h2-11,18,21-23H,12-17H2,1H3. The highest BCUT2D eigenvalue weighted by Crippen LogP contribution is 2.39. The summed E-state index contributed by atoms with van der Waals surface area (Å²) in [6.45, 7) is 0.849. The summed E-state index contributed by atoms with van der Waals surface area (Å²) < 4.78 is 6.42. The monoisotopic (exact) mass is 335 g/mol. The first-order chi connectivity index (χ1) is 12.3. The first kappa shape index (κ1) is 16.8. The molecule has 2 bridgehead atoms. The molecule has 2 nitrogen and oxygen atoms in total. The molecular weight excluding hydrogens is 306 g/mol. The molecule has 2 fully saturated rings. The van der Waals surface area contributed by atoms with E-state index < -0.39 is 0 Å². The average Bonchev–Trinajstić information content (AvgIpc) is 2.87. The molecule has 2 aromatic carbocycles. The van der Waals surface area contributed by atoms with Gasteiger partial charge in [-0.1, -0.05) is 60.7 Å². The van der Waals surface area contributed by atoms with E-state index in [0.29, 0.717) is 0 Å². The number of hydrogen-bond donors (Lipinski definition) is 0. The highest BCUT2D eigenvalue weighted by molar-refractivity contribution is 5.29. The van der Waals surface area contributed by atoms with Gasteiger partial charge in [0.2, 0.25) is 0 Å². The molecule has 0 aliphatic carbocycles. The highest BCUT2D eigenvalue weighted by atomic mass is 16.5. The maximum atomic E-state index is 6.42. The van der Waals surface area contributed by atoms with E-state index >= 15 is 0 Å². The van der Waals surface area contributed by atoms with Gasteiger partial charge in [0.05, 0.1) is 0 Å². The second kappa shape index (κ2) is 7.72. The zero-order valence-electron chi connectivity index (χ0n) is 15.2. The number of benzene rings is 2. The van der Waals surface area contributed by atoms with Gasteiger partial charge in [-0.25, -0.2) is 0 Å². The summed E-state index contributed by atoms with van der Waals surface area (Å²) in [5.41, 5.74) is 2.49. The fourth-order valence-electron chi connectivity index (χ4n) is 4.75. The van der Waals surface area contributed by atoms with Crippen molar-refractivity contribution in [2.45, 2.75) is 50.3 Å². The summed E-state index contributed by atoms with van der Waals surface area (Å²) in [6, 6.07) is 22.9. The summed E-state index contributed by atoms with van der Waals surface area (Å²) >= 11 is 0. The molecule has 2 aliphatic rings. The molecular formula is C23H29NO. The number of hydrogen-bond acceptors (Lipinski definition) is 2. The molecule has 4 rings (SSSR count). The molecule has 2 unspecified atom stereocenters. The first-order valence-electron chi connectivity index (χ1n) is 9.74. The number of rotatable bonds is 6. The van der Waals surface area contributed by atoms with Crippen LogP contribution in [-0.4, -0.2) is 30.6 Å². The lowest BCUT2D eigenvalue weighted by Gasteiger charge is -2.36. The van der Waals surface area contributed by atoms with Crippen molar-refractivity contribution in [1.82, 2.24) is 4.90 Å². The van der Waals surface area contributed by atoms with E-state index in [2.05, 4.69) is 72.6 Å². The molecule has 0 amide bonds. The van der Waals surface area contributed by atoms with Crippen LogP contribution in [0.3, 0.4) is 0 Å². The Morgan fingerprint density at radius 2 is 1.40 bits per heavy atom. The van der Waals surface area contributed by atoms with E-state index in [1.807, 2.05) is 0 Å². The van der Waals surface area contributed by atoms with Crippen LogP contribution in [0.25, 0.3) is 0 Å². The topological polar surface area (TPSA) is 12.5 Å². The second-order valence-electron chi connectivity index (χ2n) is 7.75. The Morgan fingerprint density at radius 3 is 1.92 bits per heavy atom. The lowest BCUT2D eigenvalue weighted by atomic mass is 9.89. The molecule has 2 saturated heterocycles. The molecule has 2 heterocycles. The van der Waals surface area contributed by atoms with Gasteiger partial charge in [0, 0.05) is 18.7 Å². The maximum Gasteiger partial charge on any atom is 0.108 e. The van der Waals surface area contributed by atoms with Gasteiger partial charge < -0.3 is 9.64 Å². The Bertz CT molecular complexity index is 603. The minimum Gasteiger partial charge on any atom is -0.369 e. The van der Waals surface area contributed by atoms with E-state index in [-0.39, 0.29) is 6.10 Å². The fourth-order valence-corrected chi connectivity index (χ4v) is 4.75. The Hall–Kier alpha value is -1.64. The molecule has 2 heteroatoms. The first-order valence-corrected chi connectivity index (χ1v) is 9.74. The molecule has 0 spiro atoms. The number of fused-ring (bicyclic) bond motifs is 2. The summed E-state index contributed by atoms with van der Waals surface area (Å²) in [5, 5.41) is 0. The third-order valence-corrected chi connectivity index (χ3v) is 6.21. The van der Waals surface area contributed by atoms with Crippen LogP contribution in [0.15, 0.2) is 60.7 Å². The van der Waals surface area contributed by atoms with E-state index in [4.69, 9.17) is 4.74 Å². The van der Waals surface area contributed by atoms with Crippen LogP contribution < -0.4 is 0 Å². The second-order valence-corrected chi connectivity index (χ2v) is 7.75. The lowest BCUT2D eigenvalue weighted by molar-refractivity contribution is 0.0522. The van der Waals surface area contributed by atoms with Gasteiger partial charge >= 0.3 is 0 Å². The van der Waals surface area contributed by atoms with Crippen molar-refractivity contribution in [3.05, 3.63) is 71.8 Å². The van der Waals surface area contributed by atoms with E-state index in [9.17, 15) is 0 Å². The maximum absolute atomic E-state index is 6.42. The highest BCUT2D eigenvalue weighted by Gasteiger charge is 2.38. The van der Waals surface area contributed by atoms with Crippen LogP contribution in [0.4, 0.5) is 0 Å². The summed E-state index contributed by atoms with van der Waals surface area (Å²) in [6.07, 6.45) is 6.75. The van der Waals surface area contributed by atoms with Crippen LogP contribution in [0.2, 0.25) is 0 Å². The molecule has 0 aromatic heterocycles. The minimum absolute atomic E-state index is 0.0467. The van der Waals surface area contributed by atoms with Crippen LogP contribution in [0.1, 0.15) is 49.3 Å². The molecule has 2 aliphatic heterocycles. The van der Waals surface area contributed by atoms with Gasteiger partial charge in [-0.05, 0) is 56.2 Å². The summed E-state index contributed by atoms with van der Waals surface area (Å²) in [5.74, 6) is 0.834. The third kappa shape index (κ3) is 3.80. The van der Waals surface area contributed by atoms with Crippen LogP contribution in [-0.2, 0) is 4.74 Å². The predicted molar refractivity (Wildman–Crippen MR) is 103 cm³/mol. The summed E-state index contributed by atoms with van der Waals surface area (Å²) in [7, 11) is 2.32. The SMILES string of the molecule is CN1C2CCC1CC(CCOC(c1ccccc1)c1ccccc1)C2. The molecule has 25 heavy (non-hydrogen) atoms. The molecule has 0 N–H and O–H groups in total. The van der Waals surface area contributed by atoms with Crippen LogP contribution in [0, 0.1) is 5.92 Å². The van der Waals surface area contributed by atoms with Crippen molar-refractivity contribution in [2.24, 2.45) is 5.92 Å². The zero-order chi connectivity index (χ0) is 17.1.